The van der Waals surface area contributed by atoms with E-state index in [-0.39, 0.29) is 0 Å². The summed E-state index contributed by atoms with van der Waals surface area (Å²) in [6.07, 6.45) is 0.608. The third-order valence-electron chi connectivity index (χ3n) is 2.53. The fourth-order valence-electron chi connectivity index (χ4n) is 1.49. The van der Waals surface area contributed by atoms with Gasteiger partial charge in [0.25, 0.3) is 0 Å². The number of carbonyl (C=O) groups is 1. The SMILES string of the molecule is CCC(C)Nc1cccc(NC(=O)OC(C)(C)C)c1. The molecule has 19 heavy (non-hydrogen) atoms. The van der Waals surface area contributed by atoms with Gasteiger partial charge in [0.2, 0.25) is 0 Å². The average molecular weight is 264 g/mol. The molecule has 0 heterocycles. The Balaban J connectivity index is 2.64. The maximum Gasteiger partial charge on any atom is 0.412 e. The van der Waals surface area contributed by atoms with Crippen LogP contribution >= 0.6 is 0 Å². The third kappa shape index (κ3) is 6.13. The second-order valence-electron chi connectivity index (χ2n) is 5.66. The van der Waals surface area contributed by atoms with E-state index in [0.717, 1.165) is 17.8 Å². The lowest BCUT2D eigenvalue weighted by atomic mass is 10.2. The minimum absolute atomic E-state index is 0.400. The van der Waals surface area contributed by atoms with Crippen molar-refractivity contribution in [2.24, 2.45) is 0 Å². The highest BCUT2D eigenvalue weighted by Crippen LogP contribution is 2.17. The Hall–Kier alpha value is -1.71. The summed E-state index contributed by atoms with van der Waals surface area (Å²) in [6.45, 7) is 9.77. The van der Waals surface area contributed by atoms with Crippen LogP contribution in [0.2, 0.25) is 0 Å². The molecule has 1 amide bonds. The van der Waals surface area contributed by atoms with Gasteiger partial charge in [0, 0.05) is 17.4 Å². The van der Waals surface area contributed by atoms with E-state index in [9.17, 15) is 4.79 Å². The van der Waals surface area contributed by atoms with E-state index >= 15 is 0 Å². The van der Waals surface area contributed by atoms with Crippen LogP contribution < -0.4 is 10.6 Å². The summed E-state index contributed by atoms with van der Waals surface area (Å²) in [5.41, 5.74) is 1.22. The first kappa shape index (κ1) is 15.3. The number of carbonyl (C=O) groups excluding carboxylic acids is 1. The summed E-state index contributed by atoms with van der Waals surface area (Å²) in [4.78, 5) is 11.7. The summed E-state index contributed by atoms with van der Waals surface area (Å²) >= 11 is 0. The summed E-state index contributed by atoms with van der Waals surface area (Å²) in [6, 6.07) is 8.02. The second kappa shape index (κ2) is 6.45. The van der Waals surface area contributed by atoms with Crippen molar-refractivity contribution in [2.45, 2.75) is 52.7 Å². The van der Waals surface area contributed by atoms with Crippen LogP contribution in [0, 0.1) is 0 Å². The van der Waals surface area contributed by atoms with Crippen molar-refractivity contribution >= 4 is 17.5 Å². The van der Waals surface area contributed by atoms with Crippen LogP contribution in [0.5, 0.6) is 0 Å². The van der Waals surface area contributed by atoms with E-state index in [4.69, 9.17) is 4.74 Å². The first-order chi connectivity index (χ1) is 8.80. The number of amides is 1. The van der Waals surface area contributed by atoms with E-state index in [0.29, 0.717) is 6.04 Å². The van der Waals surface area contributed by atoms with Crippen LogP contribution in [0.4, 0.5) is 16.2 Å². The fourth-order valence-corrected chi connectivity index (χ4v) is 1.49. The van der Waals surface area contributed by atoms with E-state index in [2.05, 4.69) is 24.5 Å². The summed E-state index contributed by atoms with van der Waals surface area (Å²) in [7, 11) is 0. The number of hydrogen-bond donors (Lipinski definition) is 2. The molecule has 106 valence electrons. The standard InChI is InChI=1S/C15H24N2O2/c1-6-11(2)16-12-8-7-9-13(10-12)17-14(18)19-15(3,4)5/h7-11,16H,6H2,1-5H3,(H,17,18). The van der Waals surface area contributed by atoms with E-state index in [1.807, 2.05) is 45.0 Å². The minimum Gasteiger partial charge on any atom is -0.444 e. The molecule has 0 saturated carbocycles. The number of rotatable bonds is 4. The largest absolute Gasteiger partial charge is 0.444 e. The van der Waals surface area contributed by atoms with Crippen molar-refractivity contribution < 1.29 is 9.53 Å². The normalized spacial score (nSPS) is 12.7. The maximum atomic E-state index is 11.7. The van der Waals surface area contributed by atoms with Gasteiger partial charge in [-0.2, -0.15) is 0 Å². The fraction of sp³-hybridized carbons (Fsp3) is 0.533. The summed E-state index contributed by atoms with van der Waals surface area (Å²) in [5.74, 6) is 0. The van der Waals surface area contributed by atoms with Crippen molar-refractivity contribution in [3.63, 3.8) is 0 Å². The average Bonchev–Trinajstić information content (AvgIpc) is 2.26. The summed E-state index contributed by atoms with van der Waals surface area (Å²) < 4.78 is 5.21. The Bertz CT molecular complexity index is 424. The maximum absolute atomic E-state index is 11.7. The van der Waals surface area contributed by atoms with Crippen molar-refractivity contribution in [1.29, 1.82) is 0 Å². The topological polar surface area (TPSA) is 50.4 Å². The van der Waals surface area contributed by atoms with Crippen LogP contribution in [-0.4, -0.2) is 17.7 Å². The number of hydrogen-bond acceptors (Lipinski definition) is 3. The zero-order chi connectivity index (χ0) is 14.5. The highest BCUT2D eigenvalue weighted by atomic mass is 16.6. The zero-order valence-electron chi connectivity index (χ0n) is 12.4. The quantitative estimate of drug-likeness (QED) is 0.855. The van der Waals surface area contributed by atoms with Gasteiger partial charge in [-0.15, -0.1) is 0 Å². The Morgan fingerprint density at radius 3 is 2.53 bits per heavy atom. The van der Waals surface area contributed by atoms with Crippen LogP contribution in [0.15, 0.2) is 24.3 Å². The van der Waals surface area contributed by atoms with Gasteiger partial charge in [-0.25, -0.2) is 4.79 Å². The molecule has 0 radical (unpaired) electrons. The molecule has 0 saturated heterocycles. The van der Waals surface area contributed by atoms with Gasteiger partial charge in [-0.05, 0) is 52.3 Å². The molecule has 0 aliphatic carbocycles. The molecule has 0 bridgehead atoms. The molecular formula is C15H24N2O2. The second-order valence-corrected chi connectivity index (χ2v) is 5.66. The molecule has 0 aromatic heterocycles. The predicted octanol–water partition coefficient (Wildman–Crippen LogP) is 4.24. The summed E-state index contributed by atoms with van der Waals surface area (Å²) in [5, 5.41) is 6.09. The molecule has 1 aromatic rings. The van der Waals surface area contributed by atoms with Crippen molar-refractivity contribution in [3.8, 4) is 0 Å². The molecule has 0 aliphatic rings. The van der Waals surface area contributed by atoms with Crippen LogP contribution in [0.1, 0.15) is 41.0 Å². The molecular weight excluding hydrogens is 240 g/mol. The molecule has 1 unspecified atom stereocenters. The van der Waals surface area contributed by atoms with Crippen LogP contribution in [-0.2, 0) is 4.74 Å². The lowest BCUT2D eigenvalue weighted by molar-refractivity contribution is 0.0636. The molecule has 1 rings (SSSR count). The molecule has 1 aromatic carbocycles. The Kier molecular flexibility index (Phi) is 5.21. The van der Waals surface area contributed by atoms with E-state index < -0.39 is 11.7 Å². The predicted molar refractivity (Wildman–Crippen MR) is 79.7 cm³/mol. The van der Waals surface area contributed by atoms with Gasteiger partial charge in [-0.1, -0.05) is 13.0 Å². The molecule has 2 N–H and O–H groups in total. The number of anilines is 2. The number of ether oxygens (including phenoxy) is 1. The molecule has 4 nitrogen and oxygen atoms in total. The highest BCUT2D eigenvalue weighted by Gasteiger charge is 2.16. The Morgan fingerprint density at radius 2 is 1.95 bits per heavy atom. The van der Waals surface area contributed by atoms with Crippen LogP contribution in [0.3, 0.4) is 0 Å². The zero-order valence-corrected chi connectivity index (χ0v) is 12.4. The van der Waals surface area contributed by atoms with Gasteiger partial charge in [0.05, 0.1) is 0 Å². The monoisotopic (exact) mass is 264 g/mol. The molecule has 0 fully saturated rings. The van der Waals surface area contributed by atoms with Gasteiger partial charge >= 0.3 is 6.09 Å². The lowest BCUT2D eigenvalue weighted by Crippen LogP contribution is -2.27. The minimum atomic E-state index is -0.489. The molecule has 0 aliphatic heterocycles. The number of nitrogens with one attached hydrogen (secondary N) is 2. The van der Waals surface area contributed by atoms with Crippen LogP contribution in [0.25, 0.3) is 0 Å². The first-order valence-corrected chi connectivity index (χ1v) is 6.67. The Labute approximate surface area is 115 Å². The Morgan fingerprint density at radius 1 is 1.32 bits per heavy atom. The van der Waals surface area contributed by atoms with E-state index in [1.54, 1.807) is 0 Å². The lowest BCUT2D eigenvalue weighted by Gasteiger charge is -2.20. The first-order valence-electron chi connectivity index (χ1n) is 6.67. The smallest absolute Gasteiger partial charge is 0.412 e. The molecule has 0 spiro atoms. The number of benzene rings is 1. The van der Waals surface area contributed by atoms with Crippen molar-refractivity contribution in [2.75, 3.05) is 10.6 Å². The third-order valence-corrected chi connectivity index (χ3v) is 2.53. The van der Waals surface area contributed by atoms with Crippen molar-refractivity contribution in [1.82, 2.24) is 0 Å². The van der Waals surface area contributed by atoms with Crippen molar-refractivity contribution in [3.05, 3.63) is 24.3 Å². The van der Waals surface area contributed by atoms with Gasteiger partial charge < -0.3 is 10.1 Å². The van der Waals surface area contributed by atoms with Gasteiger partial charge in [0.1, 0.15) is 5.60 Å². The van der Waals surface area contributed by atoms with Gasteiger partial charge in [-0.3, -0.25) is 5.32 Å². The molecule has 1 atom stereocenters. The molecule has 4 heteroatoms. The highest BCUT2D eigenvalue weighted by molar-refractivity contribution is 5.85. The van der Waals surface area contributed by atoms with Gasteiger partial charge in [0.15, 0.2) is 0 Å². The van der Waals surface area contributed by atoms with E-state index in [1.165, 1.54) is 0 Å².